The zero-order valence-corrected chi connectivity index (χ0v) is 20.4. The number of carbonyl (C=O) groups excluding carboxylic acids is 2. The van der Waals surface area contributed by atoms with E-state index in [1.54, 1.807) is 51.1 Å². The van der Waals surface area contributed by atoms with Crippen molar-refractivity contribution in [3.05, 3.63) is 61.7 Å². The molecule has 0 heterocycles. The lowest BCUT2D eigenvalue weighted by Gasteiger charge is -2.26. The first kappa shape index (κ1) is 31.1. The minimum absolute atomic E-state index is 0.00565. The topological polar surface area (TPSA) is 88.1 Å². The Morgan fingerprint density at radius 1 is 1.16 bits per heavy atom. The van der Waals surface area contributed by atoms with Crippen LogP contribution in [0.3, 0.4) is 0 Å². The summed E-state index contributed by atoms with van der Waals surface area (Å²) >= 11 is 0. The summed E-state index contributed by atoms with van der Waals surface area (Å²) in [5, 5.41) is 11.8. The summed E-state index contributed by atoms with van der Waals surface area (Å²) in [7, 11) is 0. The second-order valence-corrected chi connectivity index (χ2v) is 7.05. The molecule has 0 saturated carbocycles. The van der Waals surface area contributed by atoms with Gasteiger partial charge in [0.25, 0.3) is 0 Å². The van der Waals surface area contributed by atoms with Crippen molar-refractivity contribution in [3.8, 4) is 5.75 Å². The molecule has 0 aliphatic carbocycles. The van der Waals surface area contributed by atoms with Gasteiger partial charge in [0.1, 0.15) is 24.5 Å². The molecule has 1 aromatic rings. The van der Waals surface area contributed by atoms with Crippen LogP contribution in [0.2, 0.25) is 0 Å². The molecule has 0 atom stereocenters. The Morgan fingerprint density at radius 3 is 2.16 bits per heavy atom. The van der Waals surface area contributed by atoms with Crippen molar-refractivity contribution in [1.82, 2.24) is 4.90 Å². The lowest BCUT2D eigenvalue weighted by atomic mass is 10.2. The van der Waals surface area contributed by atoms with Gasteiger partial charge in [-0.1, -0.05) is 32.6 Å². The number of hydrogen-bond acceptors (Lipinski definition) is 5. The number of nitrogens with zero attached hydrogens (tertiary/aromatic N) is 1. The fourth-order valence-corrected chi connectivity index (χ4v) is 2.12. The van der Waals surface area contributed by atoms with Crippen molar-refractivity contribution in [2.45, 2.75) is 47.1 Å². The van der Waals surface area contributed by atoms with Gasteiger partial charge in [0.2, 0.25) is 5.91 Å². The predicted molar refractivity (Wildman–Crippen MR) is 132 cm³/mol. The average molecular weight is 449 g/mol. The lowest BCUT2D eigenvalue weighted by Crippen LogP contribution is -2.42. The van der Waals surface area contributed by atoms with E-state index in [1.165, 1.54) is 0 Å². The predicted octanol–water partition coefficient (Wildman–Crippen LogP) is 5.19. The molecule has 0 unspecified atom stereocenters. The van der Waals surface area contributed by atoms with E-state index in [-0.39, 0.29) is 19.7 Å². The highest BCUT2D eigenvalue weighted by Gasteiger charge is 2.23. The molecule has 1 aromatic carbocycles. The molecule has 0 saturated heterocycles. The molecule has 2 N–H and O–H groups in total. The normalized spacial score (nSPS) is 10.4. The lowest BCUT2D eigenvalue weighted by molar-refractivity contribution is -0.117. The van der Waals surface area contributed by atoms with E-state index >= 15 is 0 Å². The van der Waals surface area contributed by atoms with Crippen LogP contribution in [0.15, 0.2) is 61.7 Å². The first-order valence-electron chi connectivity index (χ1n) is 10.6. The van der Waals surface area contributed by atoms with Crippen LogP contribution >= 0.6 is 0 Å². The highest BCUT2D eigenvalue weighted by Crippen LogP contribution is 2.17. The van der Waals surface area contributed by atoms with Crippen LogP contribution < -0.4 is 10.1 Å². The Labute approximate surface area is 193 Å². The standard InChI is InChI=1S/C21H30N2O5.C2H6.C2H4/c1-6-16(7-2)15-27-18-10-8-17(9-11-18)22-19(25)14-23(12-13-24)20(26)28-21(3,4)5;2*1-2/h6-11,24H,1,12-15H2,2-5H3,(H,22,25);1-2H3;1-2H2/b16-7+;;. The Hall–Kier alpha value is -3.06. The number of anilines is 1. The zero-order valence-electron chi connectivity index (χ0n) is 20.4. The number of amides is 2. The molecule has 0 radical (unpaired) electrons. The van der Waals surface area contributed by atoms with Gasteiger partial charge >= 0.3 is 6.09 Å². The van der Waals surface area contributed by atoms with Gasteiger partial charge in [0.15, 0.2) is 0 Å². The van der Waals surface area contributed by atoms with Gasteiger partial charge in [-0.25, -0.2) is 4.79 Å². The van der Waals surface area contributed by atoms with Crippen molar-refractivity contribution < 1.29 is 24.2 Å². The molecular formula is C25H40N2O5. The van der Waals surface area contributed by atoms with Gasteiger partial charge in [-0.3, -0.25) is 9.69 Å². The zero-order chi connectivity index (χ0) is 25.2. The van der Waals surface area contributed by atoms with E-state index in [9.17, 15) is 9.59 Å². The van der Waals surface area contributed by atoms with Gasteiger partial charge < -0.3 is 19.9 Å². The van der Waals surface area contributed by atoms with Crippen molar-refractivity contribution in [2.24, 2.45) is 0 Å². The summed E-state index contributed by atoms with van der Waals surface area (Å²) in [6, 6.07) is 6.90. The molecule has 1 rings (SSSR count). The van der Waals surface area contributed by atoms with Gasteiger partial charge in [0, 0.05) is 12.2 Å². The number of carbonyl (C=O) groups is 2. The quantitative estimate of drug-likeness (QED) is 0.401. The van der Waals surface area contributed by atoms with Crippen molar-refractivity contribution >= 4 is 17.7 Å². The van der Waals surface area contributed by atoms with Gasteiger partial charge in [-0.2, -0.15) is 0 Å². The first-order valence-corrected chi connectivity index (χ1v) is 10.6. The third-order valence-corrected chi connectivity index (χ3v) is 3.53. The Morgan fingerprint density at radius 2 is 1.72 bits per heavy atom. The second kappa shape index (κ2) is 17.6. The highest BCUT2D eigenvalue weighted by molar-refractivity contribution is 5.93. The minimum atomic E-state index is -0.685. The number of ether oxygens (including phenoxy) is 2. The summed E-state index contributed by atoms with van der Waals surface area (Å²) in [6.45, 7) is 20.8. The number of hydrogen-bond donors (Lipinski definition) is 2. The van der Waals surface area contributed by atoms with Crippen LogP contribution in [0.1, 0.15) is 41.5 Å². The fourth-order valence-electron chi connectivity index (χ4n) is 2.12. The van der Waals surface area contributed by atoms with Crippen LogP contribution in [-0.4, -0.2) is 53.9 Å². The number of aliphatic hydroxyl groups is 1. The summed E-state index contributed by atoms with van der Waals surface area (Å²) in [4.78, 5) is 25.6. The molecule has 0 aromatic heterocycles. The van der Waals surface area contributed by atoms with Crippen LogP contribution in [0, 0.1) is 0 Å². The maximum absolute atomic E-state index is 12.3. The first-order chi connectivity index (χ1) is 15.2. The molecule has 0 bridgehead atoms. The summed E-state index contributed by atoms with van der Waals surface area (Å²) < 4.78 is 10.9. The Balaban J connectivity index is 0. The molecule has 32 heavy (non-hydrogen) atoms. The molecule has 7 nitrogen and oxygen atoms in total. The monoisotopic (exact) mass is 448 g/mol. The molecular weight excluding hydrogens is 408 g/mol. The van der Waals surface area contributed by atoms with Crippen molar-refractivity contribution in [3.63, 3.8) is 0 Å². The number of rotatable bonds is 9. The maximum atomic E-state index is 12.3. The van der Waals surface area contributed by atoms with E-state index < -0.39 is 17.6 Å². The maximum Gasteiger partial charge on any atom is 0.410 e. The average Bonchev–Trinajstić information content (AvgIpc) is 2.77. The molecule has 7 heteroatoms. The highest BCUT2D eigenvalue weighted by atomic mass is 16.6. The van der Waals surface area contributed by atoms with E-state index in [1.807, 2.05) is 26.8 Å². The SMILES string of the molecule is C=C.C=C/C(=C\C)COc1ccc(NC(=O)CN(CCO)C(=O)OC(C)(C)C)cc1.CC. The molecule has 0 spiro atoms. The largest absolute Gasteiger partial charge is 0.489 e. The Bertz CT molecular complexity index is 706. The van der Waals surface area contributed by atoms with E-state index in [4.69, 9.17) is 14.6 Å². The molecule has 2 amide bonds. The van der Waals surface area contributed by atoms with Crippen LogP contribution in [-0.2, 0) is 9.53 Å². The fraction of sp³-hybridized carbons (Fsp3) is 0.440. The third-order valence-electron chi connectivity index (χ3n) is 3.53. The molecule has 180 valence electrons. The third kappa shape index (κ3) is 14.0. The summed E-state index contributed by atoms with van der Waals surface area (Å²) in [5.41, 5.74) is 0.860. The van der Waals surface area contributed by atoms with Gasteiger partial charge in [-0.15, -0.1) is 13.2 Å². The van der Waals surface area contributed by atoms with E-state index in [0.717, 1.165) is 10.5 Å². The Kier molecular flexibility index (Phi) is 17.1. The van der Waals surface area contributed by atoms with Crippen molar-refractivity contribution in [2.75, 3.05) is 31.6 Å². The summed E-state index contributed by atoms with van der Waals surface area (Å²) in [6.07, 6.45) is 3.00. The number of benzene rings is 1. The number of allylic oxidation sites excluding steroid dienone is 1. The minimum Gasteiger partial charge on any atom is -0.489 e. The number of aliphatic hydroxyl groups excluding tert-OH is 1. The number of nitrogens with one attached hydrogen (secondary N) is 1. The smallest absolute Gasteiger partial charge is 0.410 e. The van der Waals surface area contributed by atoms with Crippen LogP contribution in [0.5, 0.6) is 5.75 Å². The molecule has 0 aliphatic rings. The summed E-state index contributed by atoms with van der Waals surface area (Å²) in [5.74, 6) is 0.269. The van der Waals surface area contributed by atoms with E-state index in [0.29, 0.717) is 18.0 Å². The van der Waals surface area contributed by atoms with Crippen LogP contribution in [0.4, 0.5) is 10.5 Å². The molecule has 0 aliphatic heterocycles. The van der Waals surface area contributed by atoms with E-state index in [2.05, 4.69) is 25.1 Å². The molecule has 0 fully saturated rings. The van der Waals surface area contributed by atoms with Crippen molar-refractivity contribution in [1.29, 1.82) is 0 Å². The second-order valence-electron chi connectivity index (χ2n) is 7.05. The van der Waals surface area contributed by atoms with Crippen LogP contribution in [0.25, 0.3) is 0 Å². The van der Waals surface area contributed by atoms with Gasteiger partial charge in [0.05, 0.1) is 6.61 Å². The van der Waals surface area contributed by atoms with Gasteiger partial charge in [-0.05, 0) is 57.5 Å².